The molecular weight excluding hydrogens is 309 g/mol. The molecule has 0 aromatic heterocycles. The fraction of sp³-hybridized carbons (Fsp3) is 0.0667. The van der Waals surface area contributed by atoms with Crippen LogP contribution in [0.25, 0.3) is 0 Å². The quantitative estimate of drug-likeness (QED) is 0.653. The molecule has 0 unspecified atom stereocenters. The van der Waals surface area contributed by atoms with Crippen LogP contribution < -0.4 is 10.7 Å². The van der Waals surface area contributed by atoms with Crippen LogP contribution in [-0.4, -0.2) is 18.7 Å². The number of amides is 1. The number of benzene rings is 2. The lowest BCUT2D eigenvalue weighted by atomic mass is 10.2. The summed E-state index contributed by atoms with van der Waals surface area (Å²) < 4.78 is 0. The Morgan fingerprint density at radius 2 is 1.81 bits per heavy atom. The molecule has 6 heteroatoms. The first-order valence-electron chi connectivity index (χ1n) is 6.21. The van der Waals surface area contributed by atoms with E-state index in [9.17, 15) is 4.79 Å². The molecule has 1 amide bonds. The molecule has 0 fully saturated rings. The second kappa shape index (κ2) is 7.67. The molecule has 0 saturated carbocycles. The van der Waals surface area contributed by atoms with Gasteiger partial charge in [-0.05, 0) is 29.8 Å². The van der Waals surface area contributed by atoms with Crippen LogP contribution in [0.5, 0.6) is 0 Å². The van der Waals surface area contributed by atoms with Crippen LogP contribution in [0.1, 0.15) is 5.56 Å². The minimum Gasteiger partial charge on any atom is -0.375 e. The Morgan fingerprint density at radius 3 is 2.52 bits per heavy atom. The van der Waals surface area contributed by atoms with Crippen molar-refractivity contribution in [2.24, 2.45) is 5.10 Å². The first-order chi connectivity index (χ1) is 10.1. The van der Waals surface area contributed by atoms with Crippen molar-refractivity contribution in [2.75, 3.05) is 11.9 Å². The Kier molecular flexibility index (Phi) is 5.60. The molecule has 2 aromatic carbocycles. The summed E-state index contributed by atoms with van der Waals surface area (Å²) in [6, 6.07) is 14.3. The van der Waals surface area contributed by atoms with E-state index < -0.39 is 0 Å². The standard InChI is InChI=1S/C15H13Cl2N3O/c16-12-7-5-11(6-8-12)9-19-20-15(21)10-18-14-4-2-1-3-13(14)17/h1-9,18H,10H2,(H,20,21)/b19-9+. The second-order valence-corrected chi connectivity index (χ2v) is 5.02. The lowest BCUT2D eigenvalue weighted by molar-refractivity contribution is -0.119. The molecule has 0 spiro atoms. The van der Waals surface area contributed by atoms with Crippen LogP contribution in [0.3, 0.4) is 0 Å². The number of para-hydroxylation sites is 1. The maximum absolute atomic E-state index is 11.6. The molecule has 2 rings (SSSR count). The smallest absolute Gasteiger partial charge is 0.259 e. The number of hydrogen-bond donors (Lipinski definition) is 2. The molecule has 0 aliphatic heterocycles. The molecule has 0 aliphatic carbocycles. The highest BCUT2D eigenvalue weighted by Gasteiger charge is 2.01. The van der Waals surface area contributed by atoms with Gasteiger partial charge in [0, 0.05) is 5.02 Å². The Morgan fingerprint density at radius 1 is 1.10 bits per heavy atom. The monoisotopic (exact) mass is 321 g/mol. The van der Waals surface area contributed by atoms with Gasteiger partial charge in [0.2, 0.25) is 0 Å². The first kappa shape index (κ1) is 15.4. The van der Waals surface area contributed by atoms with Gasteiger partial charge in [-0.25, -0.2) is 5.43 Å². The number of nitrogens with zero attached hydrogens (tertiary/aromatic N) is 1. The third-order valence-electron chi connectivity index (χ3n) is 2.59. The Balaban J connectivity index is 1.80. The van der Waals surface area contributed by atoms with E-state index in [1.165, 1.54) is 0 Å². The summed E-state index contributed by atoms with van der Waals surface area (Å²) in [5.41, 5.74) is 3.98. The summed E-state index contributed by atoms with van der Waals surface area (Å²) in [6.07, 6.45) is 1.55. The highest BCUT2D eigenvalue weighted by atomic mass is 35.5. The molecule has 2 N–H and O–H groups in total. The van der Waals surface area contributed by atoms with Crippen LogP contribution in [0.2, 0.25) is 10.0 Å². The minimum absolute atomic E-state index is 0.0850. The number of anilines is 1. The Hall–Kier alpha value is -2.04. The highest BCUT2D eigenvalue weighted by Crippen LogP contribution is 2.19. The summed E-state index contributed by atoms with van der Waals surface area (Å²) in [5.74, 6) is -0.264. The lowest BCUT2D eigenvalue weighted by Crippen LogP contribution is -2.25. The maximum Gasteiger partial charge on any atom is 0.259 e. The van der Waals surface area contributed by atoms with E-state index in [-0.39, 0.29) is 12.5 Å². The SMILES string of the molecule is O=C(CNc1ccccc1Cl)N/N=C/c1ccc(Cl)cc1. The average molecular weight is 322 g/mol. The average Bonchev–Trinajstić information content (AvgIpc) is 2.48. The van der Waals surface area contributed by atoms with E-state index in [0.717, 1.165) is 5.56 Å². The van der Waals surface area contributed by atoms with E-state index in [1.807, 2.05) is 12.1 Å². The molecule has 2 aromatic rings. The molecule has 0 heterocycles. The minimum atomic E-state index is -0.264. The molecular formula is C15H13Cl2N3O. The van der Waals surface area contributed by atoms with Crippen molar-refractivity contribution in [1.82, 2.24) is 5.43 Å². The molecule has 4 nitrogen and oxygen atoms in total. The first-order valence-corrected chi connectivity index (χ1v) is 6.96. The predicted octanol–water partition coefficient (Wildman–Crippen LogP) is 3.56. The maximum atomic E-state index is 11.6. The largest absolute Gasteiger partial charge is 0.375 e. The van der Waals surface area contributed by atoms with Gasteiger partial charge in [0.25, 0.3) is 5.91 Å². The van der Waals surface area contributed by atoms with Gasteiger partial charge in [-0.3, -0.25) is 4.79 Å². The van der Waals surface area contributed by atoms with E-state index in [2.05, 4.69) is 15.8 Å². The molecule has 108 valence electrons. The zero-order valence-electron chi connectivity index (χ0n) is 11.0. The van der Waals surface area contributed by atoms with E-state index in [0.29, 0.717) is 15.7 Å². The van der Waals surface area contributed by atoms with Crippen LogP contribution in [0.4, 0.5) is 5.69 Å². The van der Waals surface area contributed by atoms with Crippen molar-refractivity contribution in [3.05, 3.63) is 64.1 Å². The highest BCUT2D eigenvalue weighted by molar-refractivity contribution is 6.33. The van der Waals surface area contributed by atoms with Crippen LogP contribution >= 0.6 is 23.2 Å². The summed E-state index contributed by atoms with van der Waals surface area (Å²) in [4.78, 5) is 11.6. The molecule has 21 heavy (non-hydrogen) atoms. The third-order valence-corrected chi connectivity index (χ3v) is 3.17. The van der Waals surface area contributed by atoms with Crippen molar-refractivity contribution in [1.29, 1.82) is 0 Å². The van der Waals surface area contributed by atoms with Gasteiger partial charge < -0.3 is 5.32 Å². The van der Waals surface area contributed by atoms with Gasteiger partial charge in [-0.2, -0.15) is 5.10 Å². The fourth-order valence-electron chi connectivity index (χ4n) is 1.55. The molecule has 0 radical (unpaired) electrons. The summed E-state index contributed by atoms with van der Waals surface area (Å²) >= 11 is 11.7. The Bertz CT molecular complexity index is 642. The normalized spacial score (nSPS) is 10.6. The van der Waals surface area contributed by atoms with Crippen molar-refractivity contribution in [2.45, 2.75) is 0 Å². The molecule has 0 aliphatic rings. The van der Waals surface area contributed by atoms with Gasteiger partial charge in [0.15, 0.2) is 0 Å². The zero-order valence-corrected chi connectivity index (χ0v) is 12.5. The number of nitrogens with one attached hydrogen (secondary N) is 2. The fourth-order valence-corrected chi connectivity index (χ4v) is 1.88. The van der Waals surface area contributed by atoms with E-state index in [4.69, 9.17) is 23.2 Å². The van der Waals surface area contributed by atoms with Crippen LogP contribution in [0, 0.1) is 0 Å². The summed E-state index contributed by atoms with van der Waals surface area (Å²) in [7, 11) is 0. The van der Waals surface area contributed by atoms with Gasteiger partial charge in [-0.15, -0.1) is 0 Å². The van der Waals surface area contributed by atoms with Crippen molar-refractivity contribution >= 4 is 41.0 Å². The summed E-state index contributed by atoms with van der Waals surface area (Å²) in [6.45, 7) is 0.0850. The van der Waals surface area contributed by atoms with Crippen molar-refractivity contribution in [3.8, 4) is 0 Å². The van der Waals surface area contributed by atoms with Gasteiger partial charge in [0.1, 0.15) is 0 Å². The van der Waals surface area contributed by atoms with Crippen LogP contribution in [0.15, 0.2) is 53.6 Å². The molecule has 0 bridgehead atoms. The second-order valence-electron chi connectivity index (χ2n) is 4.18. The van der Waals surface area contributed by atoms with E-state index >= 15 is 0 Å². The number of rotatable bonds is 5. The topological polar surface area (TPSA) is 53.5 Å². The van der Waals surface area contributed by atoms with E-state index in [1.54, 1.807) is 42.6 Å². The molecule has 0 saturated heterocycles. The van der Waals surface area contributed by atoms with Crippen LogP contribution in [-0.2, 0) is 4.79 Å². The Labute approximate surface area is 132 Å². The number of hydrazone groups is 1. The van der Waals surface area contributed by atoms with Gasteiger partial charge in [0.05, 0.1) is 23.5 Å². The lowest BCUT2D eigenvalue weighted by Gasteiger charge is -2.06. The van der Waals surface area contributed by atoms with Crippen molar-refractivity contribution < 1.29 is 4.79 Å². The summed E-state index contributed by atoms with van der Waals surface area (Å²) in [5, 5.41) is 8.02. The number of carbonyl (C=O) groups excluding carboxylic acids is 1. The van der Waals surface area contributed by atoms with Gasteiger partial charge in [-0.1, -0.05) is 47.5 Å². The number of carbonyl (C=O) groups is 1. The van der Waals surface area contributed by atoms with Gasteiger partial charge >= 0.3 is 0 Å². The zero-order chi connectivity index (χ0) is 15.1. The van der Waals surface area contributed by atoms with Crippen molar-refractivity contribution in [3.63, 3.8) is 0 Å². The predicted molar refractivity (Wildman–Crippen MR) is 87.1 cm³/mol. The molecule has 0 atom stereocenters. The number of halogens is 2. The third kappa shape index (κ3) is 5.10. The number of hydrogen-bond acceptors (Lipinski definition) is 3.